The van der Waals surface area contributed by atoms with Crippen molar-refractivity contribution in [1.82, 2.24) is 0 Å². The third-order valence-electron chi connectivity index (χ3n) is 2.52. The highest BCUT2D eigenvalue weighted by Crippen LogP contribution is 2.32. The Morgan fingerprint density at radius 1 is 1.57 bits per heavy atom. The second-order valence-corrected chi connectivity index (χ2v) is 3.46. The van der Waals surface area contributed by atoms with E-state index in [1.165, 1.54) is 11.3 Å². The molecule has 4 nitrogen and oxygen atoms in total. The minimum atomic E-state index is -0.507. The molecule has 1 aromatic carbocycles. The summed E-state index contributed by atoms with van der Waals surface area (Å²) in [5.41, 5.74) is 8.27. The van der Waals surface area contributed by atoms with Crippen LogP contribution in [-0.2, 0) is 6.42 Å². The highest BCUT2D eigenvalue weighted by molar-refractivity contribution is 5.90. The Hall–Kier alpha value is -1.71. The van der Waals surface area contributed by atoms with Crippen LogP contribution in [0.5, 0.6) is 0 Å². The molecule has 0 saturated carbocycles. The third kappa shape index (κ3) is 1.39. The van der Waals surface area contributed by atoms with Crippen LogP contribution < -0.4 is 16.0 Å². The van der Waals surface area contributed by atoms with Crippen molar-refractivity contribution in [2.75, 3.05) is 23.8 Å². The summed E-state index contributed by atoms with van der Waals surface area (Å²) < 4.78 is 0. The monoisotopic (exact) mass is 191 g/mol. The van der Waals surface area contributed by atoms with E-state index in [0.29, 0.717) is 0 Å². The summed E-state index contributed by atoms with van der Waals surface area (Å²) in [5.74, 6) is 0. The van der Waals surface area contributed by atoms with Crippen molar-refractivity contribution >= 4 is 17.4 Å². The number of primary amides is 1. The number of carbonyl (C=O) groups is 1. The molecule has 14 heavy (non-hydrogen) atoms. The van der Waals surface area contributed by atoms with Crippen molar-refractivity contribution in [3.63, 3.8) is 0 Å². The fourth-order valence-corrected chi connectivity index (χ4v) is 1.84. The molecule has 0 aliphatic carbocycles. The van der Waals surface area contributed by atoms with Gasteiger partial charge in [-0.15, -0.1) is 0 Å². The summed E-state index contributed by atoms with van der Waals surface area (Å²) in [4.78, 5) is 12.9. The van der Waals surface area contributed by atoms with Gasteiger partial charge in [0, 0.05) is 30.5 Å². The van der Waals surface area contributed by atoms with Crippen molar-refractivity contribution in [2.24, 2.45) is 5.73 Å². The van der Waals surface area contributed by atoms with E-state index < -0.39 is 6.03 Å². The topological polar surface area (TPSA) is 58.4 Å². The molecule has 1 heterocycles. The molecular formula is C10H13N3O. The molecule has 3 N–H and O–H groups in total. The van der Waals surface area contributed by atoms with Crippen LogP contribution in [0.2, 0.25) is 0 Å². The zero-order valence-electron chi connectivity index (χ0n) is 8.08. The van der Waals surface area contributed by atoms with Crippen LogP contribution >= 0.6 is 0 Å². The maximum atomic E-state index is 10.7. The first-order valence-corrected chi connectivity index (χ1v) is 4.58. The number of nitrogens with two attached hydrogens (primary N) is 1. The van der Waals surface area contributed by atoms with Gasteiger partial charge in [0.05, 0.1) is 0 Å². The Balaban J connectivity index is 2.39. The van der Waals surface area contributed by atoms with Gasteiger partial charge >= 0.3 is 6.03 Å². The number of rotatable bonds is 1. The molecular weight excluding hydrogens is 178 g/mol. The van der Waals surface area contributed by atoms with E-state index in [-0.39, 0.29) is 0 Å². The van der Waals surface area contributed by atoms with Gasteiger partial charge in [0.15, 0.2) is 0 Å². The number of hydrogen-bond donors (Lipinski definition) is 2. The minimum absolute atomic E-state index is 0.507. The Kier molecular flexibility index (Phi) is 2.04. The lowest BCUT2D eigenvalue weighted by atomic mass is 10.1. The van der Waals surface area contributed by atoms with E-state index >= 15 is 0 Å². The molecule has 0 atom stereocenters. The Bertz CT molecular complexity index is 376. The molecule has 0 spiro atoms. The molecule has 0 saturated heterocycles. The maximum Gasteiger partial charge on any atom is 0.316 e. The number of likely N-dealkylation sites (N-methyl/N-ethyl adjacent to an activating group) is 1. The first kappa shape index (κ1) is 8.87. The van der Waals surface area contributed by atoms with Crippen molar-refractivity contribution in [3.8, 4) is 0 Å². The molecule has 0 fully saturated rings. The second kappa shape index (κ2) is 3.21. The average molecular weight is 191 g/mol. The maximum absolute atomic E-state index is 10.7. The molecule has 4 heteroatoms. The van der Waals surface area contributed by atoms with Crippen molar-refractivity contribution in [1.29, 1.82) is 0 Å². The van der Waals surface area contributed by atoms with E-state index in [0.717, 1.165) is 18.7 Å². The lowest BCUT2D eigenvalue weighted by Gasteiger charge is -2.12. The summed E-state index contributed by atoms with van der Waals surface area (Å²) in [6.45, 7) is 0.993. The fraction of sp³-hybridized carbons (Fsp3) is 0.300. The van der Waals surface area contributed by atoms with E-state index in [1.807, 2.05) is 19.2 Å². The average Bonchev–Trinajstić information content (AvgIpc) is 2.49. The van der Waals surface area contributed by atoms with E-state index in [1.54, 1.807) is 0 Å². The van der Waals surface area contributed by atoms with Crippen LogP contribution in [0.25, 0.3) is 0 Å². The zero-order chi connectivity index (χ0) is 10.1. The first-order chi connectivity index (χ1) is 6.68. The SMILES string of the molecule is CN1CCc2c(NC(N)=O)cccc21. The van der Waals surface area contributed by atoms with Crippen LogP contribution in [0.1, 0.15) is 5.56 Å². The number of carbonyl (C=O) groups excluding carboxylic acids is 1. The predicted octanol–water partition coefficient (Wildman–Crippen LogP) is 1.17. The second-order valence-electron chi connectivity index (χ2n) is 3.46. The smallest absolute Gasteiger partial charge is 0.316 e. The number of amides is 2. The first-order valence-electron chi connectivity index (χ1n) is 4.58. The van der Waals surface area contributed by atoms with Gasteiger partial charge in [0.25, 0.3) is 0 Å². The van der Waals surface area contributed by atoms with Crippen molar-refractivity contribution in [2.45, 2.75) is 6.42 Å². The third-order valence-corrected chi connectivity index (χ3v) is 2.52. The van der Waals surface area contributed by atoms with E-state index in [2.05, 4.69) is 16.3 Å². The Morgan fingerprint density at radius 3 is 3.07 bits per heavy atom. The van der Waals surface area contributed by atoms with Crippen molar-refractivity contribution in [3.05, 3.63) is 23.8 Å². The molecule has 1 aliphatic heterocycles. The van der Waals surface area contributed by atoms with Gasteiger partial charge < -0.3 is 16.0 Å². The molecule has 2 rings (SSSR count). The molecule has 74 valence electrons. The van der Waals surface area contributed by atoms with E-state index in [9.17, 15) is 4.79 Å². The summed E-state index contributed by atoms with van der Waals surface area (Å²) in [5, 5.41) is 2.64. The van der Waals surface area contributed by atoms with Crippen LogP contribution in [0.3, 0.4) is 0 Å². The Morgan fingerprint density at radius 2 is 2.36 bits per heavy atom. The van der Waals surface area contributed by atoms with Gasteiger partial charge in [0.2, 0.25) is 0 Å². The number of hydrogen-bond acceptors (Lipinski definition) is 2. The lowest BCUT2D eigenvalue weighted by Crippen LogP contribution is -2.20. The van der Waals surface area contributed by atoms with Crippen LogP contribution in [0, 0.1) is 0 Å². The van der Waals surface area contributed by atoms with Gasteiger partial charge in [0.1, 0.15) is 0 Å². The van der Waals surface area contributed by atoms with Crippen LogP contribution in [0.15, 0.2) is 18.2 Å². The number of benzene rings is 1. The summed E-state index contributed by atoms with van der Waals surface area (Å²) in [7, 11) is 2.04. The normalized spacial score (nSPS) is 13.9. The van der Waals surface area contributed by atoms with Gasteiger partial charge in [-0.3, -0.25) is 0 Å². The zero-order valence-corrected chi connectivity index (χ0v) is 8.08. The number of urea groups is 1. The van der Waals surface area contributed by atoms with E-state index in [4.69, 9.17) is 5.73 Å². The van der Waals surface area contributed by atoms with Crippen molar-refractivity contribution < 1.29 is 4.79 Å². The summed E-state index contributed by atoms with van der Waals surface area (Å²) in [6.07, 6.45) is 0.961. The van der Waals surface area contributed by atoms with Gasteiger partial charge in [-0.1, -0.05) is 6.07 Å². The fourth-order valence-electron chi connectivity index (χ4n) is 1.84. The number of nitrogens with one attached hydrogen (secondary N) is 1. The molecule has 0 unspecified atom stereocenters. The largest absolute Gasteiger partial charge is 0.374 e. The molecule has 2 amide bonds. The predicted molar refractivity (Wildman–Crippen MR) is 56.6 cm³/mol. The highest BCUT2D eigenvalue weighted by Gasteiger charge is 2.18. The molecule has 0 radical (unpaired) electrons. The minimum Gasteiger partial charge on any atom is -0.374 e. The molecule has 0 aromatic heterocycles. The molecule has 1 aliphatic rings. The number of fused-ring (bicyclic) bond motifs is 1. The molecule has 1 aromatic rings. The molecule has 0 bridgehead atoms. The summed E-state index contributed by atoms with van der Waals surface area (Å²) in [6, 6.07) is 5.34. The lowest BCUT2D eigenvalue weighted by molar-refractivity contribution is 0.259. The number of nitrogens with zero attached hydrogens (tertiary/aromatic N) is 1. The number of anilines is 2. The van der Waals surface area contributed by atoms with Crippen LogP contribution in [-0.4, -0.2) is 19.6 Å². The van der Waals surface area contributed by atoms with Gasteiger partial charge in [-0.25, -0.2) is 4.79 Å². The van der Waals surface area contributed by atoms with Gasteiger partial charge in [-0.05, 0) is 18.6 Å². The Labute approximate surface area is 82.7 Å². The van der Waals surface area contributed by atoms with Gasteiger partial charge in [-0.2, -0.15) is 0 Å². The highest BCUT2D eigenvalue weighted by atomic mass is 16.2. The summed E-state index contributed by atoms with van der Waals surface area (Å²) >= 11 is 0. The quantitative estimate of drug-likeness (QED) is 0.700. The standard InChI is InChI=1S/C10H13N3O/c1-13-6-5-7-8(12-10(11)14)3-2-4-9(7)13/h2-4H,5-6H2,1H3,(H3,11,12,14). The van der Waals surface area contributed by atoms with Crippen LogP contribution in [0.4, 0.5) is 16.2 Å².